The zero-order valence-corrected chi connectivity index (χ0v) is 18.6. The molecule has 0 unspecified atom stereocenters. The fourth-order valence-electron chi connectivity index (χ4n) is 2.87. The number of sulfonamides is 1. The molecule has 1 aliphatic heterocycles. The lowest BCUT2D eigenvalue weighted by molar-refractivity contribution is -0.130. The Balaban J connectivity index is 1.81. The van der Waals surface area contributed by atoms with Gasteiger partial charge in [-0.15, -0.1) is 11.3 Å². The molecule has 0 saturated carbocycles. The van der Waals surface area contributed by atoms with E-state index in [1.807, 2.05) is 16.7 Å². The van der Waals surface area contributed by atoms with Gasteiger partial charge in [0.15, 0.2) is 5.13 Å². The van der Waals surface area contributed by atoms with Crippen LogP contribution >= 0.6 is 34.7 Å². The summed E-state index contributed by atoms with van der Waals surface area (Å²) in [5.41, 5.74) is 0.484. The van der Waals surface area contributed by atoms with Crippen LogP contribution in [-0.2, 0) is 21.2 Å². The van der Waals surface area contributed by atoms with E-state index in [2.05, 4.69) is 11.9 Å². The second-order valence-electron chi connectivity index (χ2n) is 6.22. The van der Waals surface area contributed by atoms with E-state index < -0.39 is 10.0 Å². The molecule has 1 aromatic carbocycles. The van der Waals surface area contributed by atoms with Crippen molar-refractivity contribution in [1.29, 1.82) is 0 Å². The Hall–Kier alpha value is -1.29. The van der Waals surface area contributed by atoms with Crippen LogP contribution in [-0.4, -0.2) is 55.3 Å². The van der Waals surface area contributed by atoms with Gasteiger partial charge in [-0.3, -0.25) is 4.79 Å². The number of carbonyl (C=O) groups is 1. The first-order valence-corrected chi connectivity index (χ1v) is 12.5. The first-order chi connectivity index (χ1) is 13.3. The van der Waals surface area contributed by atoms with Crippen molar-refractivity contribution in [3.05, 3.63) is 46.8 Å². The Morgan fingerprint density at radius 3 is 2.75 bits per heavy atom. The normalized spacial score (nSPS) is 14.9. The number of thiazole rings is 1. The second kappa shape index (κ2) is 9.02. The molecule has 0 spiro atoms. The molecule has 1 aliphatic rings. The zero-order chi connectivity index (χ0) is 20.3. The molecule has 2 heterocycles. The molecule has 1 fully saturated rings. The highest BCUT2D eigenvalue weighted by Crippen LogP contribution is 2.31. The molecule has 0 aliphatic carbocycles. The maximum absolute atomic E-state index is 13.1. The summed E-state index contributed by atoms with van der Waals surface area (Å²) in [6.07, 6.45) is 1.79. The summed E-state index contributed by atoms with van der Waals surface area (Å²) in [5.74, 6) is 1.95. The van der Waals surface area contributed by atoms with Crippen molar-refractivity contribution in [1.82, 2.24) is 9.88 Å². The van der Waals surface area contributed by atoms with Gasteiger partial charge in [0.25, 0.3) is 10.0 Å². The number of nitrogens with zero attached hydrogens (tertiary/aromatic N) is 3. The fraction of sp³-hybridized carbons (Fsp3) is 0.389. The molecule has 2 aromatic rings. The van der Waals surface area contributed by atoms with Gasteiger partial charge in [0.05, 0.1) is 11.3 Å². The monoisotopic (exact) mass is 458 g/mol. The van der Waals surface area contributed by atoms with E-state index in [0.29, 0.717) is 15.7 Å². The van der Waals surface area contributed by atoms with Gasteiger partial charge in [-0.1, -0.05) is 17.7 Å². The summed E-state index contributed by atoms with van der Waals surface area (Å²) >= 11 is 9.14. The van der Waals surface area contributed by atoms with E-state index in [1.165, 1.54) is 17.4 Å². The highest BCUT2D eigenvalue weighted by Gasteiger charge is 2.28. The molecule has 151 valence electrons. The van der Waals surface area contributed by atoms with Crippen LogP contribution in [0.3, 0.4) is 0 Å². The summed E-state index contributed by atoms with van der Waals surface area (Å²) in [4.78, 5) is 19.4. The van der Waals surface area contributed by atoms with Crippen LogP contribution in [0.25, 0.3) is 0 Å². The molecular formula is C18H21ClN3O3S3. The lowest BCUT2D eigenvalue weighted by Crippen LogP contribution is -2.38. The zero-order valence-electron chi connectivity index (χ0n) is 15.4. The minimum Gasteiger partial charge on any atom is -0.341 e. The van der Waals surface area contributed by atoms with Crippen molar-refractivity contribution < 1.29 is 13.2 Å². The van der Waals surface area contributed by atoms with Crippen LogP contribution in [0.1, 0.15) is 10.4 Å². The minimum absolute atomic E-state index is 0.0153. The molecule has 1 radical (unpaired) electrons. The first kappa shape index (κ1) is 21.4. The third-order valence-corrected chi connectivity index (χ3v) is 8.85. The third-order valence-electron chi connectivity index (χ3n) is 4.43. The second-order valence-corrected chi connectivity index (χ2v) is 10.8. The van der Waals surface area contributed by atoms with Crippen LogP contribution in [0.4, 0.5) is 5.13 Å². The molecule has 0 N–H and O–H groups in total. The molecule has 0 atom stereocenters. The highest BCUT2D eigenvalue weighted by molar-refractivity contribution is 7.99. The standard InChI is InChI=1S/C18H21ClN3O3S3/c1-3-22(28(24,25)16-6-4-5-15(19)13(16)2)18-20-12-14(27-18)11-17(23)21-7-9-26-10-8-21/h4-6,12H,1,3,7-11H2,2H3. The lowest BCUT2D eigenvalue weighted by Gasteiger charge is -2.26. The van der Waals surface area contributed by atoms with Crippen LogP contribution in [0.15, 0.2) is 29.3 Å². The Bertz CT molecular complexity index is 956. The quantitative estimate of drug-likeness (QED) is 0.664. The van der Waals surface area contributed by atoms with Gasteiger partial charge in [-0.25, -0.2) is 17.7 Å². The predicted octanol–water partition coefficient (Wildman–Crippen LogP) is 3.25. The summed E-state index contributed by atoms with van der Waals surface area (Å²) in [5, 5.41) is 0.682. The fourth-order valence-corrected chi connectivity index (χ4v) is 6.72. The van der Waals surface area contributed by atoms with E-state index in [9.17, 15) is 13.2 Å². The molecule has 1 aromatic heterocycles. The largest absolute Gasteiger partial charge is 0.341 e. The van der Waals surface area contributed by atoms with E-state index in [-0.39, 0.29) is 23.8 Å². The summed E-state index contributed by atoms with van der Waals surface area (Å²) < 4.78 is 27.4. The van der Waals surface area contributed by atoms with E-state index >= 15 is 0 Å². The minimum atomic E-state index is -3.86. The SMILES string of the molecule is [CH2]CN(c1ncc(CC(=O)N2CCSCC2)s1)S(=O)(=O)c1cccc(Cl)c1C. The number of rotatable bonds is 6. The van der Waals surface area contributed by atoms with Gasteiger partial charge >= 0.3 is 0 Å². The Labute approximate surface area is 178 Å². The van der Waals surface area contributed by atoms with Crippen molar-refractivity contribution >= 4 is 55.8 Å². The van der Waals surface area contributed by atoms with Crippen LogP contribution in [0.5, 0.6) is 0 Å². The van der Waals surface area contributed by atoms with Gasteiger partial charge in [-0.05, 0) is 31.5 Å². The number of amides is 1. The van der Waals surface area contributed by atoms with E-state index in [1.54, 1.807) is 25.3 Å². The third kappa shape index (κ3) is 4.48. The van der Waals surface area contributed by atoms with Crippen LogP contribution in [0, 0.1) is 13.8 Å². The Kier molecular flexibility index (Phi) is 6.90. The number of hydrogen-bond donors (Lipinski definition) is 0. The van der Waals surface area contributed by atoms with Gasteiger partial charge < -0.3 is 4.90 Å². The molecule has 10 heteroatoms. The molecule has 0 bridgehead atoms. The van der Waals surface area contributed by atoms with Crippen molar-refractivity contribution in [3.8, 4) is 0 Å². The van der Waals surface area contributed by atoms with E-state index in [0.717, 1.165) is 33.8 Å². The van der Waals surface area contributed by atoms with Gasteiger partial charge in [-0.2, -0.15) is 11.8 Å². The molecule has 6 nitrogen and oxygen atoms in total. The number of benzene rings is 1. The number of aromatic nitrogens is 1. The number of anilines is 1. The Morgan fingerprint density at radius 1 is 1.36 bits per heavy atom. The maximum Gasteiger partial charge on any atom is 0.266 e. The number of hydrogen-bond acceptors (Lipinski definition) is 6. The predicted molar refractivity (Wildman–Crippen MR) is 116 cm³/mol. The number of halogens is 1. The van der Waals surface area contributed by atoms with Crippen molar-refractivity contribution in [2.45, 2.75) is 18.2 Å². The first-order valence-electron chi connectivity index (χ1n) is 8.72. The highest BCUT2D eigenvalue weighted by atomic mass is 35.5. The molecule has 28 heavy (non-hydrogen) atoms. The molecule has 1 amide bonds. The maximum atomic E-state index is 13.1. The van der Waals surface area contributed by atoms with E-state index in [4.69, 9.17) is 11.6 Å². The number of thioether (sulfide) groups is 1. The van der Waals surface area contributed by atoms with Gasteiger partial charge in [0, 0.05) is 47.2 Å². The molecule has 3 rings (SSSR count). The van der Waals surface area contributed by atoms with Crippen LogP contribution in [0.2, 0.25) is 5.02 Å². The smallest absolute Gasteiger partial charge is 0.266 e. The van der Waals surface area contributed by atoms with Crippen molar-refractivity contribution in [2.24, 2.45) is 0 Å². The van der Waals surface area contributed by atoms with Crippen molar-refractivity contribution in [3.63, 3.8) is 0 Å². The van der Waals surface area contributed by atoms with Gasteiger partial charge in [0.1, 0.15) is 0 Å². The topological polar surface area (TPSA) is 70.6 Å². The average Bonchev–Trinajstić information content (AvgIpc) is 3.12. The number of carbonyl (C=O) groups excluding carboxylic acids is 1. The average molecular weight is 459 g/mol. The lowest BCUT2D eigenvalue weighted by atomic mass is 10.2. The van der Waals surface area contributed by atoms with Crippen molar-refractivity contribution in [2.75, 3.05) is 35.4 Å². The Morgan fingerprint density at radius 2 is 2.07 bits per heavy atom. The van der Waals surface area contributed by atoms with Gasteiger partial charge in [0.2, 0.25) is 5.91 Å². The molecular weight excluding hydrogens is 438 g/mol. The molecule has 1 saturated heterocycles. The summed E-state index contributed by atoms with van der Waals surface area (Å²) in [7, 11) is -3.86. The van der Waals surface area contributed by atoms with Crippen LogP contribution < -0.4 is 4.31 Å². The summed E-state index contributed by atoms with van der Waals surface area (Å²) in [6, 6.07) is 4.77. The summed E-state index contributed by atoms with van der Waals surface area (Å²) in [6.45, 7) is 6.91.